The van der Waals surface area contributed by atoms with Crippen molar-refractivity contribution in [1.29, 1.82) is 0 Å². The van der Waals surface area contributed by atoms with Crippen LogP contribution in [-0.4, -0.2) is 42.6 Å². The summed E-state index contributed by atoms with van der Waals surface area (Å²) in [5.41, 5.74) is 3.51. The summed E-state index contributed by atoms with van der Waals surface area (Å²) in [6.07, 6.45) is 0.622. The third kappa shape index (κ3) is 4.76. The Bertz CT molecular complexity index is 961. The number of carbonyl (C=O) groups excluding carboxylic acids is 1. The van der Waals surface area contributed by atoms with Gasteiger partial charge in [-0.25, -0.2) is 4.39 Å². The van der Waals surface area contributed by atoms with Gasteiger partial charge in [-0.05, 0) is 61.2 Å². The van der Waals surface area contributed by atoms with Gasteiger partial charge in [0.2, 0.25) is 5.91 Å². The minimum atomic E-state index is -3.76. The van der Waals surface area contributed by atoms with Gasteiger partial charge in [0.1, 0.15) is 5.82 Å². The van der Waals surface area contributed by atoms with Crippen LogP contribution < -0.4 is 5.32 Å². The molecule has 1 amide bonds. The summed E-state index contributed by atoms with van der Waals surface area (Å²) in [4.78, 5) is 12.4. The molecule has 3 rings (SSSR count). The van der Waals surface area contributed by atoms with Crippen LogP contribution in [0.5, 0.6) is 0 Å². The van der Waals surface area contributed by atoms with Crippen molar-refractivity contribution in [3.8, 4) is 0 Å². The van der Waals surface area contributed by atoms with Crippen molar-refractivity contribution < 1.29 is 17.6 Å². The first kappa shape index (κ1) is 20.4. The zero-order valence-electron chi connectivity index (χ0n) is 16.0. The van der Waals surface area contributed by atoms with E-state index in [-0.39, 0.29) is 24.8 Å². The van der Waals surface area contributed by atoms with E-state index in [4.69, 9.17) is 0 Å². The number of carbonyl (C=O) groups is 1. The standard InChI is InChI=1S/C20H24FN3O3S/c1-15-4-9-19(12-16(15)2)22-20(25)14-24-11-3-10-23(28(24,26)27)13-17-5-7-18(21)8-6-17/h4-9,12H,3,10-11,13-14H2,1-2H3,(H,22,25). The Kier molecular flexibility index (Phi) is 6.12. The van der Waals surface area contributed by atoms with Crippen molar-refractivity contribution in [2.45, 2.75) is 26.8 Å². The Morgan fingerprint density at radius 3 is 2.39 bits per heavy atom. The number of nitrogens with one attached hydrogen (secondary N) is 1. The maximum atomic E-state index is 13.1. The van der Waals surface area contributed by atoms with Crippen molar-refractivity contribution in [3.63, 3.8) is 0 Å². The molecule has 0 unspecified atom stereocenters. The average molecular weight is 405 g/mol. The van der Waals surface area contributed by atoms with Crippen molar-refractivity contribution in [2.24, 2.45) is 0 Å². The van der Waals surface area contributed by atoms with E-state index in [9.17, 15) is 17.6 Å². The van der Waals surface area contributed by atoms with Gasteiger partial charge in [0.15, 0.2) is 0 Å². The lowest BCUT2D eigenvalue weighted by atomic mass is 10.1. The molecule has 28 heavy (non-hydrogen) atoms. The molecule has 8 heteroatoms. The third-order valence-corrected chi connectivity index (χ3v) is 6.78. The van der Waals surface area contributed by atoms with Crippen LogP contribution >= 0.6 is 0 Å². The molecular formula is C20H24FN3O3S. The van der Waals surface area contributed by atoms with E-state index in [1.54, 1.807) is 18.2 Å². The summed E-state index contributed by atoms with van der Waals surface area (Å²) in [6, 6.07) is 11.3. The number of benzene rings is 2. The Hall–Kier alpha value is -2.29. The second-order valence-corrected chi connectivity index (χ2v) is 8.93. The normalized spacial score (nSPS) is 17.4. The molecule has 0 aliphatic carbocycles. The van der Waals surface area contributed by atoms with Gasteiger partial charge in [0.25, 0.3) is 10.2 Å². The minimum absolute atomic E-state index is 0.151. The van der Waals surface area contributed by atoms with Crippen LogP contribution in [0.3, 0.4) is 0 Å². The van der Waals surface area contributed by atoms with Crippen molar-refractivity contribution in [3.05, 3.63) is 65.0 Å². The Morgan fingerprint density at radius 2 is 1.71 bits per heavy atom. The highest BCUT2D eigenvalue weighted by Crippen LogP contribution is 2.20. The lowest BCUT2D eigenvalue weighted by molar-refractivity contribution is -0.116. The summed E-state index contributed by atoms with van der Waals surface area (Å²) >= 11 is 0. The summed E-state index contributed by atoms with van der Waals surface area (Å²) in [5, 5.41) is 2.76. The molecule has 0 saturated carbocycles. The second kappa shape index (κ2) is 8.38. The van der Waals surface area contributed by atoms with Gasteiger partial charge >= 0.3 is 0 Å². The van der Waals surface area contributed by atoms with Gasteiger partial charge in [0.05, 0.1) is 6.54 Å². The lowest BCUT2D eigenvalue weighted by Gasteiger charge is -2.34. The van der Waals surface area contributed by atoms with Gasteiger partial charge < -0.3 is 5.32 Å². The number of nitrogens with zero attached hydrogens (tertiary/aromatic N) is 2. The fourth-order valence-corrected chi connectivity index (χ4v) is 4.75. The first-order valence-corrected chi connectivity index (χ1v) is 10.5. The molecule has 1 N–H and O–H groups in total. The van der Waals surface area contributed by atoms with Crippen molar-refractivity contribution in [2.75, 3.05) is 25.0 Å². The molecule has 0 atom stereocenters. The predicted molar refractivity (Wildman–Crippen MR) is 106 cm³/mol. The highest BCUT2D eigenvalue weighted by molar-refractivity contribution is 7.86. The summed E-state index contributed by atoms with van der Waals surface area (Å²) in [5.74, 6) is -0.745. The predicted octanol–water partition coefficient (Wildman–Crippen LogP) is 2.83. The van der Waals surface area contributed by atoms with Crippen LogP contribution in [0.25, 0.3) is 0 Å². The fraction of sp³-hybridized carbons (Fsp3) is 0.350. The van der Waals surface area contributed by atoms with Crippen molar-refractivity contribution >= 4 is 21.8 Å². The zero-order valence-corrected chi connectivity index (χ0v) is 16.8. The molecule has 0 spiro atoms. The maximum Gasteiger partial charge on any atom is 0.282 e. The SMILES string of the molecule is Cc1ccc(NC(=O)CN2CCCN(Cc3ccc(F)cc3)S2(=O)=O)cc1C. The molecular weight excluding hydrogens is 381 g/mol. The zero-order chi connectivity index (χ0) is 20.3. The van der Waals surface area contributed by atoms with Crippen LogP contribution in [0, 0.1) is 19.7 Å². The van der Waals surface area contributed by atoms with E-state index in [0.717, 1.165) is 11.1 Å². The first-order valence-electron chi connectivity index (χ1n) is 9.12. The maximum absolute atomic E-state index is 13.1. The Morgan fingerprint density at radius 1 is 1.04 bits per heavy atom. The fourth-order valence-electron chi connectivity index (χ4n) is 3.11. The topological polar surface area (TPSA) is 69.7 Å². The quantitative estimate of drug-likeness (QED) is 0.832. The van der Waals surface area contributed by atoms with Gasteiger partial charge in [0, 0.05) is 25.3 Å². The largest absolute Gasteiger partial charge is 0.325 e. The summed E-state index contributed by atoms with van der Waals surface area (Å²) in [7, 11) is -3.76. The van der Waals surface area contributed by atoms with Crippen LogP contribution in [0.1, 0.15) is 23.1 Å². The Balaban J connectivity index is 1.66. The van der Waals surface area contributed by atoms with Crippen LogP contribution in [0.15, 0.2) is 42.5 Å². The molecule has 1 fully saturated rings. The molecule has 2 aromatic rings. The molecule has 2 aromatic carbocycles. The van der Waals surface area contributed by atoms with Crippen molar-refractivity contribution in [1.82, 2.24) is 8.61 Å². The van der Waals surface area contributed by atoms with Gasteiger partial charge in [-0.1, -0.05) is 18.2 Å². The van der Waals surface area contributed by atoms with Crippen LogP contribution in [-0.2, 0) is 21.5 Å². The Labute approximate surface area is 165 Å². The summed E-state index contributed by atoms with van der Waals surface area (Å²) < 4.78 is 41.3. The highest BCUT2D eigenvalue weighted by Gasteiger charge is 2.34. The molecule has 0 bridgehead atoms. The highest BCUT2D eigenvalue weighted by atomic mass is 32.2. The molecule has 1 aliphatic rings. The van der Waals surface area contributed by atoms with Crippen LogP contribution in [0.4, 0.5) is 10.1 Å². The smallest absolute Gasteiger partial charge is 0.282 e. The van der Waals surface area contributed by atoms with Gasteiger partial charge in [-0.3, -0.25) is 4.79 Å². The monoisotopic (exact) mass is 405 g/mol. The molecule has 1 aliphatic heterocycles. The second-order valence-electron chi connectivity index (χ2n) is 7.00. The molecule has 1 heterocycles. The number of aryl methyl sites for hydroxylation is 2. The lowest BCUT2D eigenvalue weighted by Crippen LogP contribution is -2.51. The number of hydrogen-bond donors (Lipinski definition) is 1. The molecule has 1 saturated heterocycles. The number of hydrogen-bond acceptors (Lipinski definition) is 3. The van der Waals surface area contributed by atoms with E-state index in [0.29, 0.717) is 30.8 Å². The molecule has 6 nitrogen and oxygen atoms in total. The van der Waals surface area contributed by atoms with E-state index in [1.807, 2.05) is 26.0 Å². The molecule has 0 aromatic heterocycles. The van der Waals surface area contributed by atoms with E-state index >= 15 is 0 Å². The number of rotatable bonds is 5. The molecule has 0 radical (unpaired) electrons. The average Bonchev–Trinajstić information content (AvgIpc) is 2.63. The number of halogens is 1. The van der Waals surface area contributed by atoms with E-state index in [1.165, 1.54) is 20.7 Å². The summed E-state index contributed by atoms with van der Waals surface area (Å²) in [6.45, 7) is 4.51. The van der Waals surface area contributed by atoms with Crippen LogP contribution in [0.2, 0.25) is 0 Å². The van der Waals surface area contributed by atoms with E-state index in [2.05, 4.69) is 5.32 Å². The van der Waals surface area contributed by atoms with Gasteiger partial charge in [-0.15, -0.1) is 0 Å². The number of anilines is 1. The third-order valence-electron chi connectivity index (χ3n) is 4.85. The van der Waals surface area contributed by atoms with E-state index < -0.39 is 10.2 Å². The van der Waals surface area contributed by atoms with Gasteiger partial charge in [-0.2, -0.15) is 17.0 Å². The molecule has 150 valence electrons. The number of amides is 1. The minimum Gasteiger partial charge on any atom is -0.325 e. The first-order chi connectivity index (χ1) is 13.3.